The van der Waals surface area contributed by atoms with E-state index in [1.54, 1.807) is 25.3 Å². The van der Waals surface area contributed by atoms with Crippen LogP contribution in [0.15, 0.2) is 48.5 Å². The number of methoxy groups -OCH3 is 3. The summed E-state index contributed by atoms with van der Waals surface area (Å²) in [4.78, 5) is 12.1. The Morgan fingerprint density at radius 1 is 1.04 bits per heavy atom. The standard InChI is InChI=1S/C19H23NO5/c1-22-17-10-9-15(25-13-14-7-5-4-6-8-14)11-16(17)20-18(21)12-19(23-2)24-3/h4-11,19H,12-13H2,1-3H3,(H,20,21). The number of rotatable bonds is 9. The smallest absolute Gasteiger partial charge is 0.229 e. The highest BCUT2D eigenvalue weighted by molar-refractivity contribution is 5.92. The van der Waals surface area contributed by atoms with Gasteiger partial charge in [-0.1, -0.05) is 30.3 Å². The molecule has 0 aliphatic rings. The molecule has 2 rings (SSSR count). The second-order valence-electron chi connectivity index (χ2n) is 5.29. The summed E-state index contributed by atoms with van der Waals surface area (Å²) in [6, 6.07) is 15.1. The van der Waals surface area contributed by atoms with Gasteiger partial charge in [-0.05, 0) is 17.7 Å². The van der Waals surface area contributed by atoms with Crippen molar-refractivity contribution >= 4 is 11.6 Å². The Bertz CT molecular complexity index is 671. The Morgan fingerprint density at radius 3 is 2.40 bits per heavy atom. The van der Waals surface area contributed by atoms with Gasteiger partial charge in [0.05, 0.1) is 19.2 Å². The van der Waals surface area contributed by atoms with E-state index in [2.05, 4.69) is 5.32 Å². The maximum Gasteiger partial charge on any atom is 0.229 e. The van der Waals surface area contributed by atoms with Gasteiger partial charge in [-0.25, -0.2) is 0 Å². The molecule has 0 aliphatic carbocycles. The fourth-order valence-corrected chi connectivity index (χ4v) is 2.23. The van der Waals surface area contributed by atoms with E-state index in [0.717, 1.165) is 5.56 Å². The Hall–Kier alpha value is -2.57. The van der Waals surface area contributed by atoms with Crippen LogP contribution in [0.5, 0.6) is 11.5 Å². The molecule has 0 radical (unpaired) electrons. The molecular formula is C19H23NO5. The number of nitrogens with one attached hydrogen (secondary N) is 1. The van der Waals surface area contributed by atoms with Crippen molar-refractivity contribution in [3.05, 3.63) is 54.1 Å². The Labute approximate surface area is 147 Å². The van der Waals surface area contributed by atoms with Gasteiger partial charge >= 0.3 is 0 Å². The summed E-state index contributed by atoms with van der Waals surface area (Å²) < 4.78 is 21.1. The van der Waals surface area contributed by atoms with Crippen LogP contribution in [0.2, 0.25) is 0 Å². The van der Waals surface area contributed by atoms with Crippen molar-refractivity contribution in [3.63, 3.8) is 0 Å². The highest BCUT2D eigenvalue weighted by atomic mass is 16.7. The third kappa shape index (κ3) is 5.77. The summed E-state index contributed by atoms with van der Waals surface area (Å²) in [7, 11) is 4.52. The summed E-state index contributed by atoms with van der Waals surface area (Å²) in [6.45, 7) is 0.440. The van der Waals surface area contributed by atoms with Crippen molar-refractivity contribution in [1.82, 2.24) is 0 Å². The van der Waals surface area contributed by atoms with Crippen LogP contribution < -0.4 is 14.8 Å². The quantitative estimate of drug-likeness (QED) is 0.707. The van der Waals surface area contributed by atoms with Gasteiger partial charge in [-0.15, -0.1) is 0 Å². The molecule has 0 heterocycles. The number of amides is 1. The summed E-state index contributed by atoms with van der Waals surface area (Å²) in [5.74, 6) is 0.939. The zero-order chi connectivity index (χ0) is 18.1. The van der Waals surface area contributed by atoms with E-state index in [1.807, 2.05) is 30.3 Å². The summed E-state index contributed by atoms with van der Waals surface area (Å²) >= 11 is 0. The lowest BCUT2D eigenvalue weighted by Crippen LogP contribution is -2.23. The lowest BCUT2D eigenvalue weighted by Gasteiger charge is -2.15. The van der Waals surface area contributed by atoms with E-state index < -0.39 is 6.29 Å². The minimum atomic E-state index is -0.594. The van der Waals surface area contributed by atoms with E-state index in [1.165, 1.54) is 14.2 Å². The molecule has 0 atom stereocenters. The molecule has 2 aromatic carbocycles. The molecule has 1 amide bonds. The molecule has 0 saturated heterocycles. The fourth-order valence-electron chi connectivity index (χ4n) is 2.23. The first kappa shape index (κ1) is 18.8. The first-order valence-electron chi connectivity index (χ1n) is 7.86. The molecule has 2 aromatic rings. The number of carbonyl (C=O) groups is 1. The molecule has 0 saturated carbocycles. The summed E-state index contributed by atoms with van der Waals surface area (Å²) in [5, 5.41) is 2.80. The van der Waals surface area contributed by atoms with Crippen LogP contribution in [0.4, 0.5) is 5.69 Å². The topological polar surface area (TPSA) is 66.0 Å². The van der Waals surface area contributed by atoms with Gasteiger partial charge in [0.1, 0.15) is 18.1 Å². The fraction of sp³-hybridized carbons (Fsp3) is 0.316. The SMILES string of the molecule is COc1ccc(OCc2ccccc2)cc1NC(=O)CC(OC)OC. The van der Waals surface area contributed by atoms with Gasteiger partial charge in [-0.3, -0.25) is 4.79 Å². The average molecular weight is 345 g/mol. The first-order chi connectivity index (χ1) is 12.2. The Morgan fingerprint density at radius 2 is 1.76 bits per heavy atom. The zero-order valence-corrected chi connectivity index (χ0v) is 14.7. The van der Waals surface area contributed by atoms with Crippen molar-refractivity contribution in [2.24, 2.45) is 0 Å². The number of benzene rings is 2. The molecule has 0 spiro atoms. The average Bonchev–Trinajstić information content (AvgIpc) is 2.65. The number of hydrogen-bond donors (Lipinski definition) is 1. The highest BCUT2D eigenvalue weighted by Gasteiger charge is 2.14. The van der Waals surface area contributed by atoms with Gasteiger partial charge in [0.15, 0.2) is 6.29 Å². The van der Waals surface area contributed by atoms with Crippen molar-refractivity contribution in [1.29, 1.82) is 0 Å². The van der Waals surface area contributed by atoms with Gasteiger partial charge in [0.25, 0.3) is 0 Å². The lowest BCUT2D eigenvalue weighted by molar-refractivity contribution is -0.134. The molecule has 25 heavy (non-hydrogen) atoms. The Kier molecular flexibility index (Phi) is 7.25. The molecule has 0 unspecified atom stereocenters. The molecule has 1 N–H and O–H groups in total. The summed E-state index contributed by atoms with van der Waals surface area (Å²) in [6.07, 6.45) is -0.519. The van der Waals surface area contributed by atoms with Crippen molar-refractivity contribution < 1.29 is 23.7 Å². The Balaban J connectivity index is 2.04. The number of hydrogen-bond acceptors (Lipinski definition) is 5. The lowest BCUT2D eigenvalue weighted by atomic mass is 10.2. The van der Waals surface area contributed by atoms with Crippen LogP contribution in [0, 0.1) is 0 Å². The monoisotopic (exact) mass is 345 g/mol. The predicted molar refractivity (Wildman–Crippen MR) is 94.8 cm³/mol. The van der Waals surface area contributed by atoms with Crippen LogP contribution >= 0.6 is 0 Å². The second kappa shape index (κ2) is 9.66. The van der Waals surface area contributed by atoms with Crippen LogP contribution in [-0.2, 0) is 20.9 Å². The van der Waals surface area contributed by atoms with Crippen LogP contribution in [0.25, 0.3) is 0 Å². The largest absolute Gasteiger partial charge is 0.495 e. The van der Waals surface area contributed by atoms with Gasteiger partial charge in [-0.2, -0.15) is 0 Å². The highest BCUT2D eigenvalue weighted by Crippen LogP contribution is 2.29. The van der Waals surface area contributed by atoms with E-state index in [0.29, 0.717) is 23.8 Å². The van der Waals surface area contributed by atoms with E-state index >= 15 is 0 Å². The number of ether oxygens (including phenoxy) is 4. The van der Waals surface area contributed by atoms with Gasteiger partial charge in [0.2, 0.25) is 5.91 Å². The third-order valence-corrected chi connectivity index (χ3v) is 3.57. The van der Waals surface area contributed by atoms with Crippen LogP contribution in [0.3, 0.4) is 0 Å². The minimum Gasteiger partial charge on any atom is -0.495 e. The van der Waals surface area contributed by atoms with Crippen LogP contribution in [-0.4, -0.2) is 33.5 Å². The van der Waals surface area contributed by atoms with E-state index in [-0.39, 0.29) is 12.3 Å². The molecule has 6 heteroatoms. The molecular weight excluding hydrogens is 322 g/mol. The predicted octanol–water partition coefficient (Wildman–Crippen LogP) is 3.22. The van der Waals surface area contributed by atoms with Crippen molar-refractivity contribution in [3.8, 4) is 11.5 Å². The molecule has 134 valence electrons. The van der Waals surface area contributed by atoms with Gasteiger partial charge < -0.3 is 24.3 Å². The van der Waals surface area contributed by atoms with Crippen LogP contribution in [0.1, 0.15) is 12.0 Å². The third-order valence-electron chi connectivity index (χ3n) is 3.57. The molecule has 0 aromatic heterocycles. The zero-order valence-electron chi connectivity index (χ0n) is 14.7. The van der Waals surface area contributed by atoms with Gasteiger partial charge in [0, 0.05) is 20.3 Å². The van der Waals surface area contributed by atoms with Crippen molar-refractivity contribution in [2.45, 2.75) is 19.3 Å². The molecule has 0 fully saturated rings. The second-order valence-corrected chi connectivity index (χ2v) is 5.29. The van der Waals surface area contributed by atoms with E-state index in [4.69, 9.17) is 18.9 Å². The first-order valence-corrected chi connectivity index (χ1v) is 7.86. The molecule has 0 aliphatic heterocycles. The summed E-state index contributed by atoms with van der Waals surface area (Å²) in [5.41, 5.74) is 1.59. The minimum absolute atomic E-state index is 0.0747. The van der Waals surface area contributed by atoms with E-state index in [9.17, 15) is 4.79 Å². The maximum absolute atomic E-state index is 12.1. The molecule has 0 bridgehead atoms. The van der Waals surface area contributed by atoms with Crippen molar-refractivity contribution in [2.75, 3.05) is 26.6 Å². The normalized spacial score (nSPS) is 10.6. The molecule has 6 nitrogen and oxygen atoms in total. The number of carbonyl (C=O) groups excluding carboxylic acids is 1. The number of anilines is 1. The maximum atomic E-state index is 12.1.